The SMILES string of the molecule is COC(=O)c1cc(S(=O)(=O)N2C(=O)N(c3cccc(C(F)(F)F)c3)C3=C(C(=O)CCC3)C2c2cc(-c3ccc(C#N)cc3)c(C#N)c(-c3ccccc3)c2C#N)cs1. The number of urea groups is 1. The van der Waals surface area contributed by atoms with Gasteiger partial charge in [0.2, 0.25) is 0 Å². The molecular weight excluding hydrogens is 792 g/mol. The number of esters is 1. The predicted octanol–water partition coefficient (Wildman–Crippen LogP) is 8.88. The predicted molar refractivity (Wildman–Crippen MR) is 204 cm³/mol. The molecule has 0 fully saturated rings. The van der Waals surface area contributed by atoms with Crippen molar-refractivity contribution >= 4 is 44.8 Å². The number of hydrogen-bond donors (Lipinski definition) is 0. The lowest BCUT2D eigenvalue weighted by Crippen LogP contribution is -2.54. The molecule has 0 bridgehead atoms. The maximum absolute atomic E-state index is 15.1. The molecule has 11 nitrogen and oxygen atoms in total. The fraction of sp³-hybridized carbons (Fsp3) is 0.143. The normalized spacial score (nSPS) is 15.6. The molecule has 2 aliphatic rings. The largest absolute Gasteiger partial charge is 0.465 e. The number of nitrogens with zero attached hydrogens (tertiary/aromatic N) is 5. The topological polar surface area (TPSA) is 172 Å². The van der Waals surface area contributed by atoms with E-state index in [2.05, 4.69) is 12.1 Å². The van der Waals surface area contributed by atoms with Crippen molar-refractivity contribution in [2.45, 2.75) is 36.4 Å². The monoisotopic (exact) mass is 817 g/mol. The molecule has 0 radical (unpaired) electrons. The van der Waals surface area contributed by atoms with Gasteiger partial charge in [-0.1, -0.05) is 48.5 Å². The molecule has 1 unspecified atom stereocenters. The molecular formula is C42H26F3N5O6S2. The molecule has 58 heavy (non-hydrogen) atoms. The zero-order valence-corrected chi connectivity index (χ0v) is 31.7. The number of ether oxygens (including phenoxy) is 1. The number of methoxy groups -OCH3 is 1. The smallest absolute Gasteiger partial charge is 0.416 e. The number of alkyl halides is 3. The molecule has 5 aromatic rings. The van der Waals surface area contributed by atoms with Gasteiger partial charge in [-0.05, 0) is 72.0 Å². The minimum absolute atomic E-state index is 0.0110. The number of allylic oxidation sites excluding steroid dienone is 1. The van der Waals surface area contributed by atoms with Crippen LogP contribution in [-0.2, 0) is 25.7 Å². The van der Waals surface area contributed by atoms with Crippen molar-refractivity contribution in [2.24, 2.45) is 0 Å². The van der Waals surface area contributed by atoms with Crippen molar-refractivity contribution < 1.29 is 40.7 Å². The average molecular weight is 818 g/mol. The fourth-order valence-electron chi connectivity index (χ4n) is 7.22. The summed E-state index contributed by atoms with van der Waals surface area (Å²) in [4.78, 5) is 42.0. The standard InChI is InChI=1S/C42H26F3N5O6S2/c1-56-40(52)36-18-29(23-57-36)58(54,55)50-39(38-34(11-6-12-35(38)51)49(41(50)53)28-10-5-9-27(17-28)42(43,44)45)31-19-30(25-15-13-24(20-46)14-16-25)32(21-47)37(33(31)22-48)26-7-3-2-4-8-26/h2-5,7-10,13-19,23,39H,6,11-12H2,1H3. The van der Waals surface area contributed by atoms with E-state index in [0.717, 1.165) is 35.6 Å². The van der Waals surface area contributed by atoms with Gasteiger partial charge in [0.25, 0.3) is 10.0 Å². The summed E-state index contributed by atoms with van der Waals surface area (Å²) in [7, 11) is -4.08. The van der Waals surface area contributed by atoms with Crippen molar-refractivity contribution in [2.75, 3.05) is 12.0 Å². The molecule has 0 spiro atoms. The van der Waals surface area contributed by atoms with Gasteiger partial charge >= 0.3 is 18.2 Å². The first kappa shape index (κ1) is 39.2. The van der Waals surface area contributed by atoms with Crippen LogP contribution in [0.25, 0.3) is 22.3 Å². The van der Waals surface area contributed by atoms with Crippen LogP contribution in [0.2, 0.25) is 0 Å². The van der Waals surface area contributed by atoms with E-state index in [1.54, 1.807) is 42.5 Å². The van der Waals surface area contributed by atoms with Crippen LogP contribution in [0.5, 0.6) is 0 Å². The van der Waals surface area contributed by atoms with Gasteiger partial charge in [-0.25, -0.2) is 22.3 Å². The molecule has 4 aromatic carbocycles. The van der Waals surface area contributed by atoms with E-state index in [1.165, 1.54) is 24.3 Å². The first-order valence-corrected chi connectivity index (χ1v) is 19.6. The third-order valence-corrected chi connectivity index (χ3v) is 12.6. The van der Waals surface area contributed by atoms with Crippen LogP contribution in [-0.4, -0.2) is 37.6 Å². The highest BCUT2D eigenvalue weighted by molar-refractivity contribution is 7.89. The second kappa shape index (κ2) is 15.1. The lowest BCUT2D eigenvalue weighted by molar-refractivity contribution is -0.137. The quantitative estimate of drug-likeness (QED) is 0.145. The van der Waals surface area contributed by atoms with Gasteiger partial charge in [0.05, 0.1) is 46.0 Å². The van der Waals surface area contributed by atoms with Crippen LogP contribution >= 0.6 is 11.3 Å². The van der Waals surface area contributed by atoms with Crippen LogP contribution in [0.15, 0.2) is 113 Å². The zero-order valence-electron chi connectivity index (χ0n) is 30.1. The van der Waals surface area contributed by atoms with Gasteiger partial charge < -0.3 is 4.74 Å². The molecule has 1 aromatic heterocycles. The van der Waals surface area contributed by atoms with Gasteiger partial charge in [0.15, 0.2) is 5.78 Å². The third-order valence-electron chi connectivity index (χ3n) is 9.80. The van der Waals surface area contributed by atoms with Crippen molar-refractivity contribution in [3.05, 3.63) is 140 Å². The highest BCUT2D eigenvalue weighted by Crippen LogP contribution is 2.50. The van der Waals surface area contributed by atoms with Crippen LogP contribution in [0.3, 0.4) is 0 Å². The number of amides is 2. The number of carbonyl (C=O) groups is 3. The van der Waals surface area contributed by atoms with Crippen molar-refractivity contribution in [3.63, 3.8) is 0 Å². The maximum Gasteiger partial charge on any atom is 0.416 e. The van der Waals surface area contributed by atoms with E-state index in [9.17, 15) is 38.5 Å². The highest BCUT2D eigenvalue weighted by atomic mass is 32.2. The van der Waals surface area contributed by atoms with E-state index in [1.807, 2.05) is 6.07 Å². The van der Waals surface area contributed by atoms with E-state index in [4.69, 9.17) is 4.74 Å². The molecule has 1 aliphatic heterocycles. The molecule has 2 heterocycles. The summed E-state index contributed by atoms with van der Waals surface area (Å²) in [6, 6.07) is 23.4. The Labute approximate surface area is 333 Å². The molecule has 7 rings (SSSR count). The fourth-order valence-corrected chi connectivity index (χ4v) is 9.89. The number of carbonyl (C=O) groups excluding carboxylic acids is 3. The summed E-state index contributed by atoms with van der Waals surface area (Å²) in [6.07, 6.45) is -4.86. The molecule has 1 aliphatic carbocycles. The summed E-state index contributed by atoms with van der Waals surface area (Å²) < 4.78 is 77.4. The number of thiophene rings is 1. The number of sulfonamides is 1. The average Bonchev–Trinajstić information content (AvgIpc) is 3.74. The summed E-state index contributed by atoms with van der Waals surface area (Å²) >= 11 is 0.691. The van der Waals surface area contributed by atoms with Gasteiger partial charge in [-0.2, -0.15) is 29.0 Å². The van der Waals surface area contributed by atoms with Crippen LogP contribution < -0.4 is 4.90 Å². The number of nitriles is 3. The molecule has 16 heteroatoms. The van der Waals surface area contributed by atoms with Crippen molar-refractivity contribution in [3.8, 4) is 40.5 Å². The molecule has 288 valence electrons. The second-order valence-corrected chi connectivity index (χ2v) is 15.8. The number of benzene rings is 4. The number of halogens is 3. The Balaban J connectivity index is 1.62. The summed E-state index contributed by atoms with van der Waals surface area (Å²) in [5.41, 5.74) is -1.04. The lowest BCUT2D eigenvalue weighted by Gasteiger charge is -2.44. The first-order chi connectivity index (χ1) is 27.7. The Morgan fingerprint density at radius 1 is 0.862 bits per heavy atom. The number of Topliss-reactive ketones (excluding diaryl/α,β-unsaturated/α-hetero) is 1. The summed E-state index contributed by atoms with van der Waals surface area (Å²) in [5.74, 6) is -1.52. The van der Waals surface area contributed by atoms with Crippen molar-refractivity contribution in [1.82, 2.24) is 4.31 Å². The Kier molecular flexibility index (Phi) is 10.2. The van der Waals surface area contributed by atoms with Gasteiger partial charge in [-0.15, -0.1) is 11.3 Å². The molecule has 0 N–H and O–H groups in total. The summed E-state index contributed by atoms with van der Waals surface area (Å²) in [6.45, 7) is 0. The van der Waals surface area contributed by atoms with Crippen LogP contribution in [0.1, 0.15) is 62.8 Å². The van der Waals surface area contributed by atoms with Crippen LogP contribution in [0, 0.1) is 34.0 Å². The Morgan fingerprint density at radius 3 is 2.21 bits per heavy atom. The Hall–Kier alpha value is -7.06. The maximum atomic E-state index is 15.1. The minimum Gasteiger partial charge on any atom is -0.465 e. The molecule has 2 amide bonds. The third kappa shape index (κ3) is 6.66. The Morgan fingerprint density at radius 2 is 1.57 bits per heavy atom. The molecule has 0 saturated carbocycles. The van der Waals surface area contributed by atoms with Crippen LogP contribution in [0.4, 0.5) is 23.7 Å². The summed E-state index contributed by atoms with van der Waals surface area (Å²) in [5, 5.41) is 32.2. The molecule has 1 atom stereocenters. The lowest BCUT2D eigenvalue weighted by atomic mass is 9.79. The Bertz CT molecular complexity index is 2810. The van der Waals surface area contributed by atoms with Gasteiger partial charge in [-0.3, -0.25) is 9.69 Å². The zero-order chi connectivity index (χ0) is 41.5. The van der Waals surface area contributed by atoms with Gasteiger partial charge in [0, 0.05) is 34.2 Å². The number of rotatable bonds is 7. The van der Waals surface area contributed by atoms with Gasteiger partial charge in [0.1, 0.15) is 23.1 Å². The first-order valence-electron chi connectivity index (χ1n) is 17.3. The van der Waals surface area contributed by atoms with E-state index >= 15 is 13.2 Å². The number of hydrogen-bond acceptors (Lipinski definition) is 10. The second-order valence-electron chi connectivity index (χ2n) is 13.1. The number of anilines is 1. The minimum atomic E-state index is -5.16. The van der Waals surface area contributed by atoms with E-state index in [0.29, 0.717) is 32.8 Å². The van der Waals surface area contributed by atoms with E-state index < -0.39 is 50.5 Å². The van der Waals surface area contributed by atoms with E-state index in [-0.39, 0.29) is 74.5 Å². The molecule has 0 saturated heterocycles. The van der Waals surface area contributed by atoms with Crippen molar-refractivity contribution in [1.29, 1.82) is 15.8 Å². The highest BCUT2D eigenvalue weighted by Gasteiger charge is 2.51. The number of ketones is 1.